The highest BCUT2D eigenvalue weighted by atomic mass is 35.5. The molecule has 24 heavy (non-hydrogen) atoms. The Morgan fingerprint density at radius 2 is 2.04 bits per heavy atom. The van der Waals surface area contributed by atoms with Crippen molar-refractivity contribution < 1.29 is 22.7 Å². The summed E-state index contributed by atoms with van der Waals surface area (Å²) in [7, 11) is 1.14. The second-order valence-corrected chi connectivity index (χ2v) is 4.99. The van der Waals surface area contributed by atoms with Crippen LogP contribution in [0.15, 0.2) is 24.8 Å². The number of methoxy groups -OCH3 is 1. The Hall–Kier alpha value is -2.61. The number of carbonyl (C=O) groups is 1. The molecule has 0 radical (unpaired) electrons. The minimum atomic E-state index is -4.65. The fourth-order valence-corrected chi connectivity index (χ4v) is 2.18. The highest BCUT2D eigenvalue weighted by molar-refractivity contribution is 6.31. The smallest absolute Gasteiger partial charge is 0.417 e. The molecule has 2 rings (SSSR count). The van der Waals surface area contributed by atoms with Gasteiger partial charge in [0.2, 0.25) is 0 Å². The number of esters is 1. The molecule has 0 unspecified atom stereocenters. The van der Waals surface area contributed by atoms with Gasteiger partial charge in [-0.3, -0.25) is 0 Å². The van der Waals surface area contributed by atoms with Crippen LogP contribution >= 0.6 is 11.6 Å². The Bertz CT molecular complexity index is 822. The molecule has 1 aromatic heterocycles. The number of rotatable bonds is 3. The Morgan fingerprint density at radius 1 is 1.38 bits per heavy atom. The Balaban J connectivity index is 2.68. The lowest BCUT2D eigenvalue weighted by molar-refractivity contribution is -0.137. The maximum absolute atomic E-state index is 13.0. The number of nitrogens with zero attached hydrogens (tertiary/aromatic N) is 2. The first-order valence-electron chi connectivity index (χ1n) is 6.44. The summed E-state index contributed by atoms with van der Waals surface area (Å²) in [5.41, 5.74) is 4.63. The third-order valence-electron chi connectivity index (χ3n) is 3.09. The number of anilines is 1. The third-order valence-corrected chi connectivity index (χ3v) is 3.42. The summed E-state index contributed by atoms with van der Waals surface area (Å²) in [5.74, 6) is -1.09. The van der Waals surface area contributed by atoms with Crippen LogP contribution in [0.1, 0.15) is 21.6 Å². The first kappa shape index (κ1) is 17.7. The van der Waals surface area contributed by atoms with Gasteiger partial charge >= 0.3 is 12.1 Å². The predicted molar refractivity (Wildman–Crippen MR) is 83.3 cm³/mol. The fourth-order valence-electron chi connectivity index (χ4n) is 1.95. The van der Waals surface area contributed by atoms with E-state index in [1.54, 1.807) is 0 Å². The van der Waals surface area contributed by atoms with Gasteiger partial charge in [-0.25, -0.2) is 14.8 Å². The SMILES string of the molecule is C=Cc1c(N)nc(-c2ccc(Cl)c(C(F)(F)F)c2)nc1C(=O)OC. The van der Waals surface area contributed by atoms with Crippen LogP contribution in [0.5, 0.6) is 0 Å². The van der Waals surface area contributed by atoms with E-state index in [-0.39, 0.29) is 28.5 Å². The lowest BCUT2D eigenvalue weighted by Gasteiger charge is -2.12. The highest BCUT2D eigenvalue weighted by Crippen LogP contribution is 2.37. The third kappa shape index (κ3) is 3.33. The predicted octanol–water partition coefficient (Wildman–Crippen LogP) is 3.83. The van der Waals surface area contributed by atoms with Crippen molar-refractivity contribution in [1.82, 2.24) is 9.97 Å². The number of aromatic nitrogens is 2. The van der Waals surface area contributed by atoms with Crippen molar-refractivity contribution in [2.45, 2.75) is 6.18 Å². The molecule has 0 aliphatic carbocycles. The van der Waals surface area contributed by atoms with Gasteiger partial charge in [0.05, 0.1) is 17.7 Å². The molecule has 0 bridgehead atoms. The quantitative estimate of drug-likeness (QED) is 0.845. The molecule has 9 heteroatoms. The summed E-state index contributed by atoms with van der Waals surface area (Å²) >= 11 is 5.58. The Labute approximate surface area is 139 Å². The molecule has 2 aromatic rings. The van der Waals surface area contributed by atoms with Crippen molar-refractivity contribution in [2.24, 2.45) is 0 Å². The normalized spacial score (nSPS) is 11.2. The topological polar surface area (TPSA) is 78.1 Å². The summed E-state index contributed by atoms with van der Waals surface area (Å²) in [4.78, 5) is 19.7. The van der Waals surface area contributed by atoms with Gasteiger partial charge in [0.25, 0.3) is 0 Å². The summed E-state index contributed by atoms with van der Waals surface area (Å²) in [6.07, 6.45) is -3.39. The number of nitrogen functional groups attached to an aromatic ring is 1. The van der Waals surface area contributed by atoms with Gasteiger partial charge < -0.3 is 10.5 Å². The van der Waals surface area contributed by atoms with E-state index >= 15 is 0 Å². The Kier molecular flexibility index (Phi) is 4.79. The van der Waals surface area contributed by atoms with Crippen molar-refractivity contribution in [3.05, 3.63) is 46.6 Å². The van der Waals surface area contributed by atoms with E-state index in [4.69, 9.17) is 17.3 Å². The summed E-state index contributed by atoms with van der Waals surface area (Å²) < 4.78 is 43.5. The zero-order valence-electron chi connectivity index (χ0n) is 12.3. The second-order valence-electron chi connectivity index (χ2n) is 4.58. The molecule has 1 aromatic carbocycles. The van der Waals surface area contributed by atoms with Crippen LogP contribution in [0.4, 0.5) is 19.0 Å². The number of benzene rings is 1. The average Bonchev–Trinajstić information content (AvgIpc) is 2.52. The molecule has 5 nitrogen and oxygen atoms in total. The molecule has 0 atom stereocenters. The van der Waals surface area contributed by atoms with Crippen LogP contribution in [0.2, 0.25) is 5.02 Å². The van der Waals surface area contributed by atoms with E-state index in [0.29, 0.717) is 0 Å². The van der Waals surface area contributed by atoms with Crippen LogP contribution < -0.4 is 5.73 Å². The fraction of sp³-hybridized carbons (Fsp3) is 0.133. The van der Waals surface area contributed by atoms with E-state index in [2.05, 4.69) is 21.3 Å². The molecule has 0 saturated heterocycles. The summed E-state index contributed by atoms with van der Waals surface area (Å²) in [6, 6.07) is 3.14. The molecule has 0 amide bonds. The minimum Gasteiger partial charge on any atom is -0.464 e. The minimum absolute atomic E-state index is 0.000750. The lowest BCUT2D eigenvalue weighted by atomic mass is 10.1. The number of carbonyl (C=O) groups excluding carboxylic acids is 1. The first-order valence-corrected chi connectivity index (χ1v) is 6.82. The Morgan fingerprint density at radius 3 is 2.58 bits per heavy atom. The molecule has 0 fully saturated rings. The van der Waals surface area contributed by atoms with Crippen LogP contribution in [-0.4, -0.2) is 23.0 Å². The lowest BCUT2D eigenvalue weighted by Crippen LogP contribution is -2.12. The highest BCUT2D eigenvalue weighted by Gasteiger charge is 2.33. The molecule has 126 valence electrons. The van der Waals surface area contributed by atoms with Gasteiger partial charge in [-0.05, 0) is 18.2 Å². The van der Waals surface area contributed by atoms with Crippen LogP contribution in [0, 0.1) is 0 Å². The molecule has 1 heterocycles. The molecular formula is C15H11ClF3N3O2. The first-order chi connectivity index (χ1) is 11.2. The molecule has 0 aliphatic heterocycles. The number of alkyl halides is 3. The van der Waals surface area contributed by atoms with Crippen LogP contribution in [-0.2, 0) is 10.9 Å². The van der Waals surface area contributed by atoms with E-state index in [1.165, 1.54) is 12.1 Å². The van der Waals surface area contributed by atoms with Crippen molar-refractivity contribution in [1.29, 1.82) is 0 Å². The maximum Gasteiger partial charge on any atom is 0.417 e. The van der Waals surface area contributed by atoms with E-state index in [0.717, 1.165) is 19.2 Å². The molecular weight excluding hydrogens is 347 g/mol. The van der Waals surface area contributed by atoms with Gasteiger partial charge in [-0.2, -0.15) is 13.2 Å². The van der Waals surface area contributed by atoms with Crippen molar-refractivity contribution in [3.8, 4) is 11.4 Å². The van der Waals surface area contributed by atoms with E-state index < -0.39 is 22.7 Å². The van der Waals surface area contributed by atoms with Crippen LogP contribution in [0.25, 0.3) is 17.5 Å². The second kappa shape index (κ2) is 6.48. The zero-order valence-corrected chi connectivity index (χ0v) is 13.1. The monoisotopic (exact) mass is 357 g/mol. The van der Waals surface area contributed by atoms with Gasteiger partial charge in [0.1, 0.15) is 5.82 Å². The number of hydrogen-bond donors (Lipinski definition) is 1. The molecule has 0 saturated carbocycles. The molecule has 0 spiro atoms. The zero-order chi connectivity index (χ0) is 18.1. The number of hydrogen-bond acceptors (Lipinski definition) is 5. The molecule has 2 N–H and O–H groups in total. The standard InChI is InChI=1S/C15H11ClF3N3O2/c1-3-8-11(14(23)24-2)21-13(22-12(8)20)7-4-5-10(16)9(6-7)15(17,18)19/h3-6H,1H2,2H3,(H2,20,21,22). The average molecular weight is 358 g/mol. The summed E-state index contributed by atoms with van der Waals surface area (Å²) in [5, 5.41) is -0.463. The number of nitrogens with two attached hydrogens (primary N) is 1. The van der Waals surface area contributed by atoms with Crippen molar-refractivity contribution in [2.75, 3.05) is 12.8 Å². The van der Waals surface area contributed by atoms with Gasteiger partial charge in [0.15, 0.2) is 11.5 Å². The molecule has 0 aliphatic rings. The summed E-state index contributed by atoms with van der Waals surface area (Å²) in [6.45, 7) is 3.50. The van der Waals surface area contributed by atoms with Crippen molar-refractivity contribution >= 4 is 29.5 Å². The number of ether oxygens (including phenoxy) is 1. The van der Waals surface area contributed by atoms with Gasteiger partial charge in [-0.15, -0.1) is 0 Å². The van der Waals surface area contributed by atoms with Gasteiger partial charge in [0, 0.05) is 11.1 Å². The van der Waals surface area contributed by atoms with Crippen LogP contribution in [0.3, 0.4) is 0 Å². The van der Waals surface area contributed by atoms with Gasteiger partial charge in [-0.1, -0.05) is 24.3 Å². The largest absolute Gasteiger partial charge is 0.464 e. The number of halogens is 4. The van der Waals surface area contributed by atoms with E-state index in [1.807, 2.05) is 0 Å². The van der Waals surface area contributed by atoms with Crippen molar-refractivity contribution in [3.63, 3.8) is 0 Å². The maximum atomic E-state index is 13.0. The van der Waals surface area contributed by atoms with E-state index in [9.17, 15) is 18.0 Å².